The van der Waals surface area contributed by atoms with Gasteiger partial charge >= 0.3 is 0 Å². The molecular formula is C18H23NO. The van der Waals surface area contributed by atoms with Gasteiger partial charge in [-0.2, -0.15) is 0 Å². The smallest absolute Gasteiger partial charge is 0.127 e. The van der Waals surface area contributed by atoms with Gasteiger partial charge in [-0.3, -0.25) is 0 Å². The van der Waals surface area contributed by atoms with E-state index in [0.29, 0.717) is 0 Å². The molecule has 0 heterocycles. The van der Waals surface area contributed by atoms with Gasteiger partial charge in [-0.15, -0.1) is 0 Å². The predicted molar refractivity (Wildman–Crippen MR) is 84.4 cm³/mol. The molecule has 106 valence electrons. The summed E-state index contributed by atoms with van der Waals surface area (Å²) >= 11 is 0. The van der Waals surface area contributed by atoms with Crippen LogP contribution in [0.25, 0.3) is 0 Å². The van der Waals surface area contributed by atoms with E-state index in [1.165, 1.54) is 22.3 Å². The summed E-state index contributed by atoms with van der Waals surface area (Å²) in [6.45, 7) is 8.38. The maximum absolute atomic E-state index is 6.53. The van der Waals surface area contributed by atoms with Crippen LogP contribution in [0.3, 0.4) is 0 Å². The summed E-state index contributed by atoms with van der Waals surface area (Å²) in [4.78, 5) is 0. The Kier molecular flexibility index (Phi) is 4.15. The molecular weight excluding hydrogens is 246 g/mol. The highest BCUT2D eigenvalue weighted by Gasteiger charge is 2.19. The Morgan fingerprint density at radius 2 is 1.50 bits per heavy atom. The van der Waals surface area contributed by atoms with Crippen LogP contribution in [-0.4, -0.2) is 7.11 Å². The van der Waals surface area contributed by atoms with E-state index in [4.69, 9.17) is 10.5 Å². The third-order valence-corrected chi connectivity index (χ3v) is 4.10. The van der Waals surface area contributed by atoms with Crippen molar-refractivity contribution < 1.29 is 4.74 Å². The molecule has 0 aliphatic carbocycles. The summed E-state index contributed by atoms with van der Waals surface area (Å²) < 4.78 is 5.60. The third-order valence-electron chi connectivity index (χ3n) is 4.10. The van der Waals surface area contributed by atoms with E-state index in [2.05, 4.69) is 58.0 Å². The van der Waals surface area contributed by atoms with Crippen molar-refractivity contribution >= 4 is 0 Å². The molecule has 0 amide bonds. The lowest BCUT2D eigenvalue weighted by Gasteiger charge is -2.22. The minimum Gasteiger partial charge on any atom is -0.496 e. The van der Waals surface area contributed by atoms with Crippen LogP contribution in [0.4, 0.5) is 0 Å². The fraction of sp³-hybridized carbons (Fsp3) is 0.333. The Morgan fingerprint density at radius 1 is 0.900 bits per heavy atom. The van der Waals surface area contributed by atoms with Crippen molar-refractivity contribution in [1.29, 1.82) is 0 Å². The second-order valence-electron chi connectivity index (χ2n) is 5.41. The van der Waals surface area contributed by atoms with Crippen molar-refractivity contribution in [1.82, 2.24) is 0 Å². The van der Waals surface area contributed by atoms with Gasteiger partial charge in [0.1, 0.15) is 5.75 Å². The first kappa shape index (κ1) is 14.6. The summed E-state index contributed by atoms with van der Waals surface area (Å²) in [7, 11) is 1.71. The molecule has 0 spiro atoms. The molecule has 0 aliphatic heterocycles. The molecule has 0 aliphatic rings. The molecule has 0 radical (unpaired) electrons. The van der Waals surface area contributed by atoms with Crippen LogP contribution in [-0.2, 0) is 0 Å². The Hall–Kier alpha value is -1.80. The number of methoxy groups -OCH3 is 1. The average molecular weight is 269 g/mol. The maximum Gasteiger partial charge on any atom is 0.127 e. The molecule has 0 aromatic heterocycles. The predicted octanol–water partition coefficient (Wildman–Crippen LogP) is 3.98. The van der Waals surface area contributed by atoms with Gasteiger partial charge in [0.15, 0.2) is 0 Å². The van der Waals surface area contributed by atoms with Gasteiger partial charge in [0.05, 0.1) is 13.2 Å². The molecule has 1 atom stereocenters. The van der Waals surface area contributed by atoms with Crippen LogP contribution in [0, 0.1) is 27.7 Å². The van der Waals surface area contributed by atoms with Gasteiger partial charge in [-0.05, 0) is 55.5 Å². The molecule has 2 heteroatoms. The minimum absolute atomic E-state index is 0.162. The van der Waals surface area contributed by atoms with Crippen LogP contribution >= 0.6 is 0 Å². The lowest BCUT2D eigenvalue weighted by molar-refractivity contribution is 0.404. The normalized spacial score (nSPS) is 12.3. The van der Waals surface area contributed by atoms with Crippen LogP contribution in [0.5, 0.6) is 5.75 Å². The van der Waals surface area contributed by atoms with Crippen LogP contribution in [0.2, 0.25) is 0 Å². The van der Waals surface area contributed by atoms with E-state index < -0.39 is 0 Å². The van der Waals surface area contributed by atoms with E-state index in [1.807, 2.05) is 0 Å². The fourth-order valence-corrected chi connectivity index (χ4v) is 2.80. The number of hydrogen-bond donors (Lipinski definition) is 1. The first-order valence-electron chi connectivity index (χ1n) is 6.93. The Labute approximate surface area is 121 Å². The van der Waals surface area contributed by atoms with E-state index >= 15 is 0 Å². The maximum atomic E-state index is 6.53. The first-order chi connectivity index (χ1) is 9.47. The number of aryl methyl sites for hydroxylation is 3. The van der Waals surface area contributed by atoms with E-state index in [0.717, 1.165) is 16.9 Å². The first-order valence-corrected chi connectivity index (χ1v) is 6.93. The molecule has 20 heavy (non-hydrogen) atoms. The molecule has 1 unspecified atom stereocenters. The van der Waals surface area contributed by atoms with Crippen molar-refractivity contribution in [3.63, 3.8) is 0 Å². The summed E-state index contributed by atoms with van der Waals surface area (Å²) in [5.41, 5.74) is 13.6. The Balaban J connectivity index is 2.60. The quantitative estimate of drug-likeness (QED) is 0.914. The second-order valence-corrected chi connectivity index (χ2v) is 5.41. The van der Waals surface area contributed by atoms with E-state index in [-0.39, 0.29) is 6.04 Å². The van der Waals surface area contributed by atoms with Crippen LogP contribution in [0.15, 0.2) is 30.3 Å². The topological polar surface area (TPSA) is 35.2 Å². The Bertz CT molecular complexity index is 611. The highest BCUT2D eigenvalue weighted by Crippen LogP contribution is 2.34. The highest BCUT2D eigenvalue weighted by molar-refractivity contribution is 5.51. The standard InChI is InChI=1S/C18H23NO/c1-11-9-10-15(18(20-5)14(11)4)17(19)16-12(2)7-6-8-13(16)3/h6-10,17H,19H2,1-5H3. The van der Waals surface area contributed by atoms with Crippen molar-refractivity contribution in [3.05, 3.63) is 63.7 Å². The number of rotatable bonds is 3. The zero-order chi connectivity index (χ0) is 14.9. The van der Waals surface area contributed by atoms with Gasteiger partial charge in [0.25, 0.3) is 0 Å². The van der Waals surface area contributed by atoms with Crippen molar-refractivity contribution in [3.8, 4) is 5.75 Å². The number of hydrogen-bond acceptors (Lipinski definition) is 2. The lowest BCUT2D eigenvalue weighted by atomic mass is 9.90. The molecule has 2 nitrogen and oxygen atoms in total. The van der Waals surface area contributed by atoms with E-state index in [9.17, 15) is 0 Å². The SMILES string of the molecule is COc1c(C(N)c2c(C)cccc2C)ccc(C)c1C. The molecule has 2 rings (SSSR count). The lowest BCUT2D eigenvalue weighted by Crippen LogP contribution is -2.16. The van der Waals surface area contributed by atoms with E-state index in [1.54, 1.807) is 7.11 Å². The molecule has 2 aromatic rings. The molecule has 0 saturated carbocycles. The molecule has 2 N–H and O–H groups in total. The third kappa shape index (κ3) is 2.44. The fourth-order valence-electron chi connectivity index (χ4n) is 2.80. The number of ether oxygens (including phenoxy) is 1. The molecule has 0 saturated heterocycles. The van der Waals surface area contributed by atoms with Crippen molar-refractivity contribution in [2.24, 2.45) is 5.73 Å². The minimum atomic E-state index is -0.162. The molecule has 0 fully saturated rings. The molecule has 2 aromatic carbocycles. The average Bonchev–Trinajstić information content (AvgIpc) is 2.41. The highest BCUT2D eigenvalue weighted by atomic mass is 16.5. The largest absolute Gasteiger partial charge is 0.496 e. The summed E-state index contributed by atoms with van der Waals surface area (Å²) in [6, 6.07) is 10.3. The van der Waals surface area contributed by atoms with Gasteiger partial charge in [-0.1, -0.05) is 30.3 Å². The summed E-state index contributed by atoms with van der Waals surface area (Å²) in [5, 5.41) is 0. The molecule has 0 bridgehead atoms. The van der Waals surface area contributed by atoms with Gasteiger partial charge in [-0.25, -0.2) is 0 Å². The Morgan fingerprint density at radius 3 is 2.05 bits per heavy atom. The van der Waals surface area contributed by atoms with Crippen molar-refractivity contribution in [2.75, 3.05) is 7.11 Å². The summed E-state index contributed by atoms with van der Waals surface area (Å²) in [5.74, 6) is 0.903. The van der Waals surface area contributed by atoms with Crippen LogP contribution in [0.1, 0.15) is 39.4 Å². The summed E-state index contributed by atoms with van der Waals surface area (Å²) in [6.07, 6.45) is 0. The zero-order valence-corrected chi connectivity index (χ0v) is 12.9. The van der Waals surface area contributed by atoms with Crippen LogP contribution < -0.4 is 10.5 Å². The van der Waals surface area contributed by atoms with Gasteiger partial charge < -0.3 is 10.5 Å². The zero-order valence-electron chi connectivity index (χ0n) is 12.9. The van der Waals surface area contributed by atoms with Gasteiger partial charge in [0, 0.05) is 5.56 Å². The number of benzene rings is 2. The number of nitrogens with two attached hydrogens (primary N) is 1. The van der Waals surface area contributed by atoms with Gasteiger partial charge in [0.2, 0.25) is 0 Å². The van der Waals surface area contributed by atoms with Crippen molar-refractivity contribution in [2.45, 2.75) is 33.7 Å². The monoisotopic (exact) mass is 269 g/mol. The second kappa shape index (κ2) is 5.68.